The van der Waals surface area contributed by atoms with E-state index in [9.17, 15) is 4.79 Å². The number of thioether (sulfide) groups is 1. The standard InChI is InChI=1S/C18H29N3OS.2ClH/c1-14(15-7-5-4-6-8-15)21-18(2,3)13-20-17(22)11-16-12-23-10-9-19-16;;/h4-8,14,16,19,21H,9-13H2,1-3H3,(H,20,22);2*1H. The number of nitrogens with one attached hydrogen (secondary N) is 3. The van der Waals surface area contributed by atoms with Crippen LogP contribution in [0.3, 0.4) is 0 Å². The molecule has 1 aromatic carbocycles. The van der Waals surface area contributed by atoms with Gasteiger partial charge < -0.3 is 16.0 Å². The van der Waals surface area contributed by atoms with Gasteiger partial charge in [-0.1, -0.05) is 30.3 Å². The third-order valence-electron chi connectivity index (χ3n) is 4.06. The topological polar surface area (TPSA) is 53.2 Å². The fraction of sp³-hybridized carbons (Fsp3) is 0.611. The largest absolute Gasteiger partial charge is 0.354 e. The first-order valence-corrected chi connectivity index (χ1v) is 9.52. The number of amides is 1. The third kappa shape index (κ3) is 9.15. The maximum absolute atomic E-state index is 12.1. The number of rotatable bonds is 7. The van der Waals surface area contributed by atoms with Gasteiger partial charge >= 0.3 is 0 Å². The minimum Gasteiger partial charge on any atom is -0.354 e. The van der Waals surface area contributed by atoms with Crippen molar-refractivity contribution in [2.24, 2.45) is 0 Å². The van der Waals surface area contributed by atoms with Gasteiger partial charge in [-0.25, -0.2) is 0 Å². The van der Waals surface area contributed by atoms with E-state index in [1.54, 1.807) is 0 Å². The van der Waals surface area contributed by atoms with Gasteiger partial charge in [-0.05, 0) is 26.3 Å². The van der Waals surface area contributed by atoms with E-state index in [0.717, 1.165) is 18.1 Å². The SMILES string of the molecule is CC(NC(C)(C)CNC(=O)CC1CSCCN1)c1ccccc1.Cl.Cl. The van der Waals surface area contributed by atoms with E-state index in [4.69, 9.17) is 0 Å². The van der Waals surface area contributed by atoms with Crippen molar-refractivity contribution in [2.75, 3.05) is 24.6 Å². The van der Waals surface area contributed by atoms with Crippen LogP contribution in [-0.2, 0) is 4.79 Å². The average molecular weight is 408 g/mol. The zero-order chi connectivity index (χ0) is 16.7. The Hall–Kier alpha value is -0.460. The Morgan fingerprint density at radius 3 is 2.60 bits per heavy atom. The average Bonchev–Trinajstić information content (AvgIpc) is 2.54. The van der Waals surface area contributed by atoms with Gasteiger partial charge in [0.25, 0.3) is 0 Å². The van der Waals surface area contributed by atoms with E-state index in [0.29, 0.717) is 19.0 Å². The lowest BCUT2D eigenvalue weighted by Gasteiger charge is -2.31. The molecule has 1 aromatic rings. The molecular formula is C18H31Cl2N3OS. The number of hydrogen-bond donors (Lipinski definition) is 3. The summed E-state index contributed by atoms with van der Waals surface area (Å²) < 4.78 is 0. The van der Waals surface area contributed by atoms with Crippen molar-refractivity contribution >= 4 is 42.5 Å². The summed E-state index contributed by atoms with van der Waals surface area (Å²) in [7, 11) is 0. The van der Waals surface area contributed by atoms with Gasteiger partial charge in [0.15, 0.2) is 0 Å². The summed E-state index contributed by atoms with van der Waals surface area (Å²) in [5.41, 5.74) is 1.11. The Morgan fingerprint density at radius 2 is 2.00 bits per heavy atom. The predicted molar refractivity (Wildman–Crippen MR) is 113 cm³/mol. The lowest BCUT2D eigenvalue weighted by Crippen LogP contribution is -2.51. The minimum absolute atomic E-state index is 0. The van der Waals surface area contributed by atoms with Crippen molar-refractivity contribution in [3.8, 4) is 0 Å². The van der Waals surface area contributed by atoms with Gasteiger partial charge in [-0.3, -0.25) is 4.79 Å². The van der Waals surface area contributed by atoms with Crippen molar-refractivity contribution in [3.05, 3.63) is 35.9 Å². The van der Waals surface area contributed by atoms with Crippen molar-refractivity contribution < 1.29 is 4.79 Å². The highest BCUT2D eigenvalue weighted by molar-refractivity contribution is 7.99. The fourth-order valence-corrected chi connectivity index (χ4v) is 3.78. The second-order valence-electron chi connectivity index (χ2n) is 6.87. The summed E-state index contributed by atoms with van der Waals surface area (Å²) >= 11 is 1.92. The molecule has 144 valence electrons. The van der Waals surface area contributed by atoms with Crippen LogP contribution in [0.5, 0.6) is 0 Å². The summed E-state index contributed by atoms with van der Waals surface area (Å²) in [5.74, 6) is 2.30. The molecule has 2 atom stereocenters. The molecule has 0 bridgehead atoms. The summed E-state index contributed by atoms with van der Waals surface area (Å²) in [6.07, 6.45) is 0.567. The van der Waals surface area contributed by atoms with Crippen LogP contribution >= 0.6 is 36.6 Å². The van der Waals surface area contributed by atoms with Crippen molar-refractivity contribution in [1.29, 1.82) is 0 Å². The summed E-state index contributed by atoms with van der Waals surface area (Å²) in [4.78, 5) is 12.1. The van der Waals surface area contributed by atoms with Crippen LogP contribution in [0.15, 0.2) is 30.3 Å². The molecule has 2 rings (SSSR count). The lowest BCUT2D eigenvalue weighted by molar-refractivity contribution is -0.121. The van der Waals surface area contributed by atoms with Crippen molar-refractivity contribution in [2.45, 2.75) is 44.8 Å². The Morgan fingerprint density at radius 1 is 1.32 bits per heavy atom. The molecule has 1 fully saturated rings. The van der Waals surface area contributed by atoms with E-state index in [2.05, 4.69) is 61.0 Å². The van der Waals surface area contributed by atoms with Gasteiger partial charge in [0.2, 0.25) is 5.91 Å². The maximum Gasteiger partial charge on any atom is 0.221 e. The molecule has 1 heterocycles. The molecule has 3 N–H and O–H groups in total. The molecule has 1 aliphatic heterocycles. The molecule has 4 nitrogen and oxygen atoms in total. The van der Waals surface area contributed by atoms with Crippen molar-refractivity contribution in [3.63, 3.8) is 0 Å². The van der Waals surface area contributed by atoms with Crippen LogP contribution in [0.2, 0.25) is 0 Å². The second-order valence-corrected chi connectivity index (χ2v) is 8.02. The van der Waals surface area contributed by atoms with Crippen LogP contribution in [0, 0.1) is 0 Å². The second kappa shape index (κ2) is 12.0. The van der Waals surface area contributed by atoms with E-state index in [1.165, 1.54) is 5.56 Å². The molecule has 1 aliphatic rings. The molecule has 0 aromatic heterocycles. The van der Waals surface area contributed by atoms with E-state index < -0.39 is 0 Å². The maximum atomic E-state index is 12.1. The number of benzene rings is 1. The van der Waals surface area contributed by atoms with Crippen molar-refractivity contribution in [1.82, 2.24) is 16.0 Å². The number of carbonyl (C=O) groups excluding carboxylic acids is 1. The van der Waals surface area contributed by atoms with E-state index in [-0.39, 0.29) is 42.3 Å². The molecule has 0 saturated carbocycles. The Bertz CT molecular complexity index is 496. The molecule has 0 aliphatic carbocycles. The Labute approximate surface area is 168 Å². The molecule has 1 saturated heterocycles. The quantitative estimate of drug-likeness (QED) is 0.649. The van der Waals surface area contributed by atoms with Crippen LogP contribution in [0.25, 0.3) is 0 Å². The van der Waals surface area contributed by atoms with Gasteiger partial charge in [-0.2, -0.15) is 11.8 Å². The van der Waals surface area contributed by atoms with Crippen LogP contribution < -0.4 is 16.0 Å². The molecule has 1 amide bonds. The summed E-state index contributed by atoms with van der Waals surface area (Å²) in [6.45, 7) is 8.04. The monoisotopic (exact) mass is 407 g/mol. The Kier molecular flexibility index (Phi) is 11.8. The molecular weight excluding hydrogens is 377 g/mol. The smallest absolute Gasteiger partial charge is 0.221 e. The zero-order valence-electron chi connectivity index (χ0n) is 15.2. The highest BCUT2D eigenvalue weighted by Crippen LogP contribution is 2.16. The van der Waals surface area contributed by atoms with E-state index in [1.807, 2.05) is 17.8 Å². The minimum atomic E-state index is -0.153. The highest BCUT2D eigenvalue weighted by atomic mass is 35.5. The van der Waals surface area contributed by atoms with Gasteiger partial charge in [0.05, 0.1) is 0 Å². The van der Waals surface area contributed by atoms with Gasteiger partial charge in [0, 0.05) is 48.6 Å². The number of hydrogen-bond acceptors (Lipinski definition) is 4. The molecule has 7 heteroatoms. The normalized spacial score (nSPS) is 18.4. The predicted octanol–water partition coefficient (Wildman–Crippen LogP) is 3.17. The highest BCUT2D eigenvalue weighted by Gasteiger charge is 2.23. The first-order chi connectivity index (χ1) is 11.0. The Balaban J connectivity index is 0.00000288. The van der Waals surface area contributed by atoms with E-state index >= 15 is 0 Å². The third-order valence-corrected chi connectivity index (χ3v) is 5.20. The molecule has 2 unspecified atom stereocenters. The van der Waals surface area contributed by atoms with Crippen LogP contribution in [-0.4, -0.2) is 42.1 Å². The van der Waals surface area contributed by atoms with Crippen LogP contribution in [0.1, 0.15) is 38.8 Å². The lowest BCUT2D eigenvalue weighted by atomic mass is 10.0. The fourth-order valence-electron chi connectivity index (χ4n) is 2.83. The zero-order valence-corrected chi connectivity index (χ0v) is 17.7. The molecule has 25 heavy (non-hydrogen) atoms. The van der Waals surface area contributed by atoms with Crippen LogP contribution in [0.4, 0.5) is 0 Å². The first-order valence-electron chi connectivity index (χ1n) is 8.37. The first kappa shape index (κ1) is 24.5. The molecule has 0 spiro atoms. The van der Waals surface area contributed by atoms with Gasteiger partial charge in [-0.15, -0.1) is 24.8 Å². The summed E-state index contributed by atoms with van der Waals surface area (Å²) in [5, 5.41) is 10.1. The number of halogens is 2. The van der Waals surface area contributed by atoms with Gasteiger partial charge in [0.1, 0.15) is 0 Å². The molecule has 0 radical (unpaired) electrons. The number of carbonyl (C=O) groups is 1. The summed E-state index contributed by atoms with van der Waals surface area (Å²) in [6, 6.07) is 10.9.